The van der Waals surface area contributed by atoms with E-state index >= 15 is 0 Å². The van der Waals surface area contributed by atoms with Gasteiger partial charge in [-0.3, -0.25) is 4.90 Å². The van der Waals surface area contributed by atoms with E-state index in [1.54, 1.807) is 4.90 Å². The molecule has 1 aliphatic heterocycles. The summed E-state index contributed by atoms with van der Waals surface area (Å²) in [6.45, 7) is 5.00. The van der Waals surface area contributed by atoms with E-state index in [0.717, 1.165) is 26.1 Å². The van der Waals surface area contributed by atoms with Crippen molar-refractivity contribution < 1.29 is 22.7 Å². The zero-order chi connectivity index (χ0) is 20.9. The van der Waals surface area contributed by atoms with Crippen molar-refractivity contribution in [1.29, 1.82) is 0 Å². The smallest absolute Gasteiger partial charge is 0.406 e. The molecule has 0 bridgehead atoms. The molecule has 1 N–H and O–H groups in total. The summed E-state index contributed by atoms with van der Waals surface area (Å²) < 4.78 is 40.6. The number of amides is 2. The van der Waals surface area contributed by atoms with Crippen molar-refractivity contribution in [3.05, 3.63) is 60.2 Å². The van der Waals surface area contributed by atoms with E-state index in [4.69, 9.17) is 0 Å². The number of halogens is 3. The summed E-state index contributed by atoms with van der Waals surface area (Å²) in [6, 6.07) is 15.2. The van der Waals surface area contributed by atoms with Gasteiger partial charge in [0.1, 0.15) is 5.75 Å². The average Bonchev–Trinajstić information content (AvgIpc) is 3.11. The second kappa shape index (κ2) is 9.17. The van der Waals surface area contributed by atoms with Gasteiger partial charge < -0.3 is 15.0 Å². The van der Waals surface area contributed by atoms with Crippen LogP contribution in [-0.4, -0.2) is 47.9 Å². The zero-order valence-electron chi connectivity index (χ0n) is 16.2. The Kier molecular flexibility index (Phi) is 6.64. The molecule has 1 atom stereocenters. The van der Waals surface area contributed by atoms with Crippen molar-refractivity contribution in [3.8, 4) is 5.75 Å². The van der Waals surface area contributed by atoms with Gasteiger partial charge in [0.15, 0.2) is 0 Å². The number of hydrogen-bond acceptors (Lipinski definition) is 3. The third kappa shape index (κ3) is 6.12. The van der Waals surface area contributed by atoms with Gasteiger partial charge in [-0.15, -0.1) is 13.2 Å². The van der Waals surface area contributed by atoms with Crippen LogP contribution in [0, 0.1) is 0 Å². The number of nitrogens with zero attached hydrogens (tertiary/aromatic N) is 2. The lowest BCUT2D eigenvalue weighted by atomic mass is 10.2. The fourth-order valence-electron chi connectivity index (χ4n) is 3.55. The molecule has 0 spiro atoms. The number of carbonyl (C=O) groups excluding carboxylic acids is 1. The van der Waals surface area contributed by atoms with Crippen molar-refractivity contribution >= 4 is 11.7 Å². The highest BCUT2D eigenvalue weighted by atomic mass is 19.4. The Bertz CT molecular complexity index is 797. The lowest BCUT2D eigenvalue weighted by Gasteiger charge is -2.28. The Labute approximate surface area is 168 Å². The number of alkyl halides is 3. The number of likely N-dealkylation sites (N-methyl/N-ethyl adjacent to an activating group) is 1. The maximum atomic E-state index is 12.7. The normalized spacial score (nSPS) is 17.2. The third-order valence-corrected chi connectivity index (χ3v) is 4.88. The summed E-state index contributed by atoms with van der Waals surface area (Å²) in [5.74, 6) is -0.324. The molecule has 8 heteroatoms. The van der Waals surface area contributed by atoms with Crippen LogP contribution in [0.2, 0.25) is 0 Å². The molecule has 3 rings (SSSR count). The molecule has 0 saturated carbocycles. The first-order valence-corrected chi connectivity index (χ1v) is 9.54. The Morgan fingerprint density at radius 1 is 1.17 bits per heavy atom. The summed E-state index contributed by atoms with van der Waals surface area (Å²) in [5.41, 5.74) is 1.66. The number of benzene rings is 2. The average molecular weight is 407 g/mol. The second-order valence-corrected chi connectivity index (χ2v) is 6.95. The summed E-state index contributed by atoms with van der Waals surface area (Å²) in [4.78, 5) is 16.8. The van der Waals surface area contributed by atoms with Crippen LogP contribution in [0.1, 0.15) is 18.9 Å². The van der Waals surface area contributed by atoms with Gasteiger partial charge in [0.05, 0.1) is 0 Å². The lowest BCUT2D eigenvalue weighted by molar-refractivity contribution is -0.274. The highest BCUT2D eigenvalue weighted by Gasteiger charge is 2.31. The van der Waals surface area contributed by atoms with Crippen LogP contribution in [0.3, 0.4) is 0 Å². The molecule has 29 heavy (non-hydrogen) atoms. The van der Waals surface area contributed by atoms with Gasteiger partial charge in [-0.2, -0.15) is 0 Å². The number of hydrogen-bond donors (Lipinski definition) is 1. The number of ether oxygens (including phenoxy) is 1. The van der Waals surface area contributed by atoms with E-state index in [9.17, 15) is 18.0 Å². The van der Waals surface area contributed by atoms with Crippen molar-refractivity contribution in [3.63, 3.8) is 0 Å². The SMILES string of the molecule is CCN(C(=O)Nc1ccc(OC(F)(F)F)cc1)C1CCN(Cc2ccccc2)C1. The minimum Gasteiger partial charge on any atom is -0.406 e. The molecule has 0 aromatic heterocycles. The monoisotopic (exact) mass is 407 g/mol. The molecule has 2 aromatic rings. The number of rotatable bonds is 6. The zero-order valence-corrected chi connectivity index (χ0v) is 16.2. The van der Waals surface area contributed by atoms with Crippen molar-refractivity contribution in [1.82, 2.24) is 9.80 Å². The first-order valence-electron chi connectivity index (χ1n) is 9.54. The van der Waals surface area contributed by atoms with Gasteiger partial charge in [-0.25, -0.2) is 4.79 Å². The largest absolute Gasteiger partial charge is 0.573 e. The van der Waals surface area contributed by atoms with Gasteiger partial charge in [0.2, 0.25) is 0 Å². The standard InChI is InChI=1S/C21H24F3N3O2/c1-2-27(18-12-13-26(15-18)14-16-6-4-3-5-7-16)20(28)25-17-8-10-19(11-9-17)29-21(22,23)24/h3-11,18H,2,12-15H2,1H3,(H,25,28). The van der Waals surface area contributed by atoms with Crippen LogP contribution in [0.25, 0.3) is 0 Å². The molecule has 0 radical (unpaired) electrons. The predicted molar refractivity (Wildman–Crippen MR) is 105 cm³/mol. The molecule has 2 amide bonds. The number of anilines is 1. The van der Waals surface area contributed by atoms with Crippen LogP contribution in [0.5, 0.6) is 5.75 Å². The number of urea groups is 1. The maximum absolute atomic E-state index is 12.7. The fourth-order valence-corrected chi connectivity index (χ4v) is 3.55. The first-order chi connectivity index (χ1) is 13.8. The van der Waals surface area contributed by atoms with Gasteiger partial charge in [-0.1, -0.05) is 30.3 Å². The Morgan fingerprint density at radius 3 is 2.48 bits per heavy atom. The molecular weight excluding hydrogens is 383 g/mol. The van der Waals surface area contributed by atoms with E-state index in [-0.39, 0.29) is 17.8 Å². The Balaban J connectivity index is 1.55. The lowest BCUT2D eigenvalue weighted by Crippen LogP contribution is -2.44. The highest BCUT2D eigenvalue weighted by Crippen LogP contribution is 2.24. The van der Waals surface area contributed by atoms with Crippen LogP contribution in [0.15, 0.2) is 54.6 Å². The molecule has 1 saturated heterocycles. The molecule has 5 nitrogen and oxygen atoms in total. The van der Waals surface area contributed by atoms with E-state index in [0.29, 0.717) is 12.2 Å². The van der Waals surface area contributed by atoms with Gasteiger partial charge in [0, 0.05) is 37.9 Å². The molecule has 1 heterocycles. The molecule has 1 aliphatic rings. The molecule has 0 aliphatic carbocycles. The second-order valence-electron chi connectivity index (χ2n) is 6.95. The number of carbonyl (C=O) groups is 1. The highest BCUT2D eigenvalue weighted by molar-refractivity contribution is 5.89. The summed E-state index contributed by atoms with van der Waals surface area (Å²) in [7, 11) is 0. The summed E-state index contributed by atoms with van der Waals surface area (Å²) in [5, 5.41) is 2.76. The molecule has 2 aromatic carbocycles. The minimum atomic E-state index is -4.74. The van der Waals surface area contributed by atoms with Crippen LogP contribution >= 0.6 is 0 Å². The van der Waals surface area contributed by atoms with Gasteiger partial charge in [-0.05, 0) is 43.2 Å². The minimum absolute atomic E-state index is 0.0940. The van der Waals surface area contributed by atoms with Crippen molar-refractivity contribution in [2.24, 2.45) is 0 Å². The summed E-state index contributed by atoms with van der Waals surface area (Å²) in [6.07, 6.45) is -3.86. The maximum Gasteiger partial charge on any atom is 0.573 e. The number of nitrogens with one attached hydrogen (secondary N) is 1. The third-order valence-electron chi connectivity index (χ3n) is 4.88. The van der Waals surface area contributed by atoms with E-state index in [1.807, 2.05) is 25.1 Å². The topological polar surface area (TPSA) is 44.8 Å². The van der Waals surface area contributed by atoms with E-state index in [1.165, 1.54) is 29.8 Å². The van der Waals surface area contributed by atoms with Gasteiger partial charge in [0.25, 0.3) is 0 Å². The van der Waals surface area contributed by atoms with Crippen molar-refractivity contribution in [2.45, 2.75) is 32.3 Å². The molecule has 156 valence electrons. The van der Waals surface area contributed by atoms with Crippen LogP contribution in [0.4, 0.5) is 23.7 Å². The first kappa shape index (κ1) is 21.0. The van der Waals surface area contributed by atoms with Gasteiger partial charge >= 0.3 is 12.4 Å². The fraction of sp³-hybridized carbons (Fsp3) is 0.381. The molecule has 1 fully saturated rings. The van der Waals surface area contributed by atoms with Crippen LogP contribution < -0.4 is 10.1 Å². The Hall–Kier alpha value is -2.74. The Morgan fingerprint density at radius 2 is 1.86 bits per heavy atom. The van der Waals surface area contributed by atoms with Crippen LogP contribution in [-0.2, 0) is 6.54 Å². The van der Waals surface area contributed by atoms with E-state index < -0.39 is 6.36 Å². The molecular formula is C21H24F3N3O2. The number of likely N-dealkylation sites (tertiary alicyclic amines) is 1. The quantitative estimate of drug-likeness (QED) is 0.754. The van der Waals surface area contributed by atoms with E-state index in [2.05, 4.69) is 27.1 Å². The molecule has 1 unspecified atom stereocenters. The van der Waals surface area contributed by atoms with Crippen molar-refractivity contribution in [2.75, 3.05) is 25.0 Å². The summed E-state index contributed by atoms with van der Waals surface area (Å²) >= 11 is 0. The predicted octanol–water partition coefficient (Wildman–Crippen LogP) is 4.71.